The number of amides is 1. The fraction of sp³-hybridized carbons (Fsp3) is 0.579. The van der Waals surface area contributed by atoms with E-state index in [-0.39, 0.29) is 5.91 Å². The van der Waals surface area contributed by atoms with Crippen LogP contribution in [0.3, 0.4) is 0 Å². The number of nitrogens with zero attached hydrogens (tertiary/aromatic N) is 2. The first-order valence-corrected chi connectivity index (χ1v) is 9.13. The summed E-state index contributed by atoms with van der Waals surface area (Å²) >= 11 is 0. The maximum atomic E-state index is 11.8. The van der Waals surface area contributed by atoms with E-state index in [1.54, 1.807) is 6.21 Å². The van der Waals surface area contributed by atoms with Gasteiger partial charge in [-0.3, -0.25) is 4.79 Å². The molecule has 1 saturated carbocycles. The summed E-state index contributed by atoms with van der Waals surface area (Å²) in [6.45, 7) is 6.62. The molecule has 1 aliphatic carbocycles. The van der Waals surface area contributed by atoms with Gasteiger partial charge in [-0.2, -0.15) is 5.10 Å². The van der Waals surface area contributed by atoms with Gasteiger partial charge in [0.1, 0.15) is 0 Å². The van der Waals surface area contributed by atoms with Gasteiger partial charge in [-0.1, -0.05) is 31.4 Å². The number of nitrogens with one attached hydrogen (secondary N) is 2. The first-order valence-electron chi connectivity index (χ1n) is 9.13. The second-order valence-electron chi connectivity index (χ2n) is 6.27. The Hall–Kier alpha value is -1.88. The molecule has 0 spiro atoms. The molecule has 24 heavy (non-hydrogen) atoms. The van der Waals surface area contributed by atoms with Crippen LogP contribution in [0.2, 0.25) is 0 Å². The normalized spacial score (nSPS) is 15.6. The van der Waals surface area contributed by atoms with Gasteiger partial charge >= 0.3 is 0 Å². The van der Waals surface area contributed by atoms with Crippen LogP contribution >= 0.6 is 0 Å². The molecule has 1 aromatic carbocycles. The highest BCUT2D eigenvalue weighted by Gasteiger charge is 2.13. The van der Waals surface area contributed by atoms with Crippen molar-refractivity contribution < 1.29 is 4.79 Å². The predicted octanol–water partition coefficient (Wildman–Crippen LogP) is 2.91. The van der Waals surface area contributed by atoms with Crippen LogP contribution in [0.5, 0.6) is 0 Å². The predicted molar refractivity (Wildman–Crippen MR) is 101 cm³/mol. The number of carbonyl (C=O) groups excluding carboxylic acids is 1. The van der Waals surface area contributed by atoms with Crippen LogP contribution in [0.25, 0.3) is 0 Å². The lowest BCUT2D eigenvalue weighted by Gasteiger charge is -2.22. The van der Waals surface area contributed by atoms with E-state index < -0.39 is 0 Å². The van der Waals surface area contributed by atoms with E-state index >= 15 is 0 Å². The molecule has 0 aromatic heterocycles. The van der Waals surface area contributed by atoms with Gasteiger partial charge in [0.15, 0.2) is 0 Å². The Kier molecular flexibility index (Phi) is 7.75. The van der Waals surface area contributed by atoms with Gasteiger partial charge in [-0.15, -0.1) is 0 Å². The van der Waals surface area contributed by atoms with Crippen LogP contribution in [0.1, 0.15) is 51.5 Å². The van der Waals surface area contributed by atoms with Crippen molar-refractivity contribution in [3.05, 3.63) is 29.8 Å². The highest BCUT2D eigenvalue weighted by molar-refractivity contribution is 5.83. The molecule has 0 saturated heterocycles. The summed E-state index contributed by atoms with van der Waals surface area (Å²) in [5.41, 5.74) is 4.77. The van der Waals surface area contributed by atoms with Crippen molar-refractivity contribution in [2.24, 2.45) is 5.10 Å². The van der Waals surface area contributed by atoms with Gasteiger partial charge in [0, 0.05) is 24.8 Å². The Balaban J connectivity index is 1.73. The average molecular weight is 330 g/mol. The molecule has 0 heterocycles. The molecule has 5 heteroatoms. The highest BCUT2D eigenvalue weighted by Crippen LogP contribution is 2.17. The number of hydrogen-bond acceptors (Lipinski definition) is 4. The molecule has 132 valence electrons. The number of hydrogen-bond donors (Lipinski definition) is 2. The van der Waals surface area contributed by atoms with Crippen LogP contribution in [0, 0.1) is 0 Å². The van der Waals surface area contributed by atoms with E-state index in [9.17, 15) is 4.79 Å². The summed E-state index contributed by atoms with van der Waals surface area (Å²) in [5.74, 6) is -0.0865. The lowest BCUT2D eigenvalue weighted by Crippen LogP contribution is -2.38. The second kappa shape index (κ2) is 10.1. The fourth-order valence-electron chi connectivity index (χ4n) is 3.12. The smallest absolute Gasteiger partial charge is 0.254 e. The number of benzene rings is 1. The summed E-state index contributed by atoms with van der Waals surface area (Å²) in [5, 5.41) is 7.35. The van der Waals surface area contributed by atoms with E-state index in [0.717, 1.165) is 18.7 Å². The lowest BCUT2D eigenvalue weighted by atomic mass is 9.95. The Bertz CT molecular complexity index is 517. The van der Waals surface area contributed by atoms with Crippen LogP contribution < -0.4 is 15.6 Å². The zero-order valence-electron chi connectivity index (χ0n) is 14.9. The van der Waals surface area contributed by atoms with Gasteiger partial charge in [-0.25, -0.2) is 5.43 Å². The third-order valence-electron chi connectivity index (χ3n) is 4.58. The van der Waals surface area contributed by atoms with Crippen molar-refractivity contribution in [3.63, 3.8) is 0 Å². The van der Waals surface area contributed by atoms with E-state index in [0.29, 0.717) is 12.6 Å². The molecule has 0 unspecified atom stereocenters. The number of hydrazone groups is 1. The van der Waals surface area contributed by atoms with Crippen LogP contribution in [-0.2, 0) is 4.79 Å². The molecular weight excluding hydrogens is 300 g/mol. The van der Waals surface area contributed by atoms with E-state index in [2.05, 4.69) is 46.7 Å². The Labute approximate surface area is 145 Å². The van der Waals surface area contributed by atoms with Crippen molar-refractivity contribution in [2.45, 2.75) is 52.0 Å². The second-order valence-corrected chi connectivity index (χ2v) is 6.27. The minimum atomic E-state index is -0.0865. The summed E-state index contributed by atoms with van der Waals surface area (Å²) in [7, 11) is 0. The molecule has 1 aliphatic rings. The number of carbonyl (C=O) groups is 1. The summed E-state index contributed by atoms with van der Waals surface area (Å²) in [4.78, 5) is 14.1. The van der Waals surface area contributed by atoms with Crippen molar-refractivity contribution >= 4 is 17.8 Å². The molecule has 0 radical (unpaired) electrons. The molecule has 0 bridgehead atoms. The van der Waals surface area contributed by atoms with Crippen molar-refractivity contribution in [1.29, 1.82) is 0 Å². The van der Waals surface area contributed by atoms with Gasteiger partial charge in [0.2, 0.25) is 0 Å². The van der Waals surface area contributed by atoms with Crippen molar-refractivity contribution in [3.8, 4) is 0 Å². The SMILES string of the molecule is CCN(CC)c1ccc(/C=N\NC(=O)CNC2CCCCC2)cc1. The van der Waals surface area contributed by atoms with E-state index in [4.69, 9.17) is 0 Å². The van der Waals surface area contributed by atoms with Gasteiger partial charge in [0.05, 0.1) is 12.8 Å². The molecule has 2 rings (SSSR count). The van der Waals surface area contributed by atoms with Crippen molar-refractivity contribution in [1.82, 2.24) is 10.7 Å². The highest BCUT2D eigenvalue weighted by atomic mass is 16.2. The monoisotopic (exact) mass is 330 g/mol. The van der Waals surface area contributed by atoms with Crippen LogP contribution in [0.15, 0.2) is 29.4 Å². The third kappa shape index (κ3) is 5.96. The van der Waals surface area contributed by atoms with Crippen LogP contribution in [0.4, 0.5) is 5.69 Å². The topological polar surface area (TPSA) is 56.7 Å². The maximum Gasteiger partial charge on any atom is 0.254 e. The molecule has 0 aliphatic heterocycles. The Morgan fingerprint density at radius 1 is 1.17 bits per heavy atom. The number of anilines is 1. The molecule has 0 atom stereocenters. The standard InChI is InChI=1S/C19H30N4O/c1-3-23(4-2)18-12-10-16(11-13-18)14-21-22-19(24)15-20-17-8-6-5-7-9-17/h10-14,17,20H,3-9,15H2,1-2H3,(H,22,24)/b21-14-. The summed E-state index contributed by atoms with van der Waals surface area (Å²) in [6, 6.07) is 8.69. The quantitative estimate of drug-likeness (QED) is 0.569. The molecule has 1 amide bonds. The lowest BCUT2D eigenvalue weighted by molar-refractivity contribution is -0.120. The zero-order valence-corrected chi connectivity index (χ0v) is 14.9. The minimum Gasteiger partial charge on any atom is -0.372 e. The van der Waals surface area contributed by atoms with Gasteiger partial charge < -0.3 is 10.2 Å². The average Bonchev–Trinajstić information content (AvgIpc) is 2.63. The Morgan fingerprint density at radius 2 is 1.83 bits per heavy atom. The maximum absolute atomic E-state index is 11.8. The zero-order chi connectivity index (χ0) is 17.2. The largest absolute Gasteiger partial charge is 0.372 e. The molecule has 2 N–H and O–H groups in total. The molecule has 1 aromatic rings. The first-order chi connectivity index (χ1) is 11.7. The van der Waals surface area contributed by atoms with E-state index in [1.807, 2.05) is 12.1 Å². The van der Waals surface area contributed by atoms with Gasteiger partial charge in [-0.05, 0) is 44.4 Å². The Morgan fingerprint density at radius 3 is 2.46 bits per heavy atom. The minimum absolute atomic E-state index is 0.0865. The third-order valence-corrected chi connectivity index (χ3v) is 4.58. The first kappa shape index (κ1) is 18.5. The number of rotatable bonds is 8. The molecule has 1 fully saturated rings. The molecule has 5 nitrogen and oxygen atoms in total. The summed E-state index contributed by atoms with van der Waals surface area (Å²) < 4.78 is 0. The summed E-state index contributed by atoms with van der Waals surface area (Å²) in [6.07, 6.45) is 7.89. The fourth-order valence-corrected chi connectivity index (χ4v) is 3.12. The van der Waals surface area contributed by atoms with Crippen LogP contribution in [-0.4, -0.2) is 37.8 Å². The van der Waals surface area contributed by atoms with Gasteiger partial charge in [0.25, 0.3) is 5.91 Å². The van der Waals surface area contributed by atoms with E-state index in [1.165, 1.54) is 37.8 Å². The van der Waals surface area contributed by atoms with Crippen molar-refractivity contribution in [2.75, 3.05) is 24.5 Å². The molecular formula is C19H30N4O.